The van der Waals surface area contributed by atoms with E-state index in [0.717, 1.165) is 6.42 Å². The highest BCUT2D eigenvalue weighted by atomic mass is 35.5. The van der Waals surface area contributed by atoms with E-state index in [-0.39, 0.29) is 11.1 Å². The van der Waals surface area contributed by atoms with Gasteiger partial charge in [-0.3, -0.25) is 9.59 Å². The third-order valence-electron chi connectivity index (χ3n) is 4.47. The summed E-state index contributed by atoms with van der Waals surface area (Å²) in [6.07, 6.45) is 5.09. The molecule has 0 atom stereocenters. The number of carbonyl (C=O) groups is 2. The van der Waals surface area contributed by atoms with E-state index in [1.54, 1.807) is 48.5 Å². The molecule has 0 saturated heterocycles. The van der Waals surface area contributed by atoms with Crippen molar-refractivity contribution in [3.63, 3.8) is 0 Å². The van der Waals surface area contributed by atoms with E-state index in [1.807, 2.05) is 12.1 Å². The van der Waals surface area contributed by atoms with Crippen LogP contribution in [0.1, 0.15) is 30.4 Å². The molecule has 0 aliphatic heterocycles. The van der Waals surface area contributed by atoms with Crippen molar-refractivity contribution in [1.29, 1.82) is 10.5 Å². The molecule has 0 unspecified atom stereocenters. The van der Waals surface area contributed by atoms with Gasteiger partial charge in [-0.15, -0.1) is 0 Å². The number of halogens is 2. The molecule has 0 aliphatic rings. The first kappa shape index (κ1) is 25.7. The van der Waals surface area contributed by atoms with E-state index in [0.29, 0.717) is 47.1 Å². The van der Waals surface area contributed by atoms with Crippen molar-refractivity contribution in [3.8, 4) is 12.1 Å². The van der Waals surface area contributed by atoms with E-state index >= 15 is 0 Å². The molecular formula is C25H22Cl2N4O2. The molecule has 33 heavy (non-hydrogen) atoms. The van der Waals surface area contributed by atoms with E-state index in [4.69, 9.17) is 23.2 Å². The molecule has 0 radical (unpaired) electrons. The van der Waals surface area contributed by atoms with Crippen LogP contribution in [-0.2, 0) is 9.59 Å². The zero-order chi connectivity index (χ0) is 24.1. The van der Waals surface area contributed by atoms with Crippen LogP contribution in [0.3, 0.4) is 0 Å². The maximum absolute atomic E-state index is 12.2. The van der Waals surface area contributed by atoms with Gasteiger partial charge in [0, 0.05) is 23.1 Å². The third kappa shape index (κ3) is 9.21. The lowest BCUT2D eigenvalue weighted by atomic mass is 10.1. The van der Waals surface area contributed by atoms with Crippen LogP contribution in [0.2, 0.25) is 10.0 Å². The van der Waals surface area contributed by atoms with Crippen molar-refractivity contribution in [2.45, 2.75) is 19.3 Å². The van der Waals surface area contributed by atoms with Crippen molar-refractivity contribution in [2.75, 3.05) is 13.1 Å². The average Bonchev–Trinajstić information content (AvgIpc) is 2.80. The number of hydrogen-bond donors (Lipinski definition) is 2. The quantitative estimate of drug-likeness (QED) is 0.286. The van der Waals surface area contributed by atoms with E-state index in [2.05, 4.69) is 10.6 Å². The second kappa shape index (κ2) is 13.8. The van der Waals surface area contributed by atoms with E-state index in [9.17, 15) is 20.1 Å². The summed E-state index contributed by atoms with van der Waals surface area (Å²) in [5.41, 5.74) is 1.34. The molecule has 2 N–H and O–H groups in total. The fourth-order valence-corrected chi connectivity index (χ4v) is 3.24. The molecule has 0 heterocycles. The predicted octanol–water partition coefficient (Wildman–Crippen LogP) is 4.91. The summed E-state index contributed by atoms with van der Waals surface area (Å²) < 4.78 is 0. The Morgan fingerprint density at radius 1 is 0.758 bits per heavy atom. The van der Waals surface area contributed by atoms with Gasteiger partial charge >= 0.3 is 0 Å². The van der Waals surface area contributed by atoms with Gasteiger partial charge < -0.3 is 10.6 Å². The fraction of sp³-hybridized carbons (Fsp3) is 0.200. The number of unbranched alkanes of at least 4 members (excludes halogenated alkanes) is 2. The van der Waals surface area contributed by atoms with Gasteiger partial charge in [0.15, 0.2) is 0 Å². The molecule has 8 heteroatoms. The van der Waals surface area contributed by atoms with Gasteiger partial charge in [0.25, 0.3) is 11.8 Å². The van der Waals surface area contributed by atoms with Crippen LogP contribution in [-0.4, -0.2) is 24.9 Å². The van der Waals surface area contributed by atoms with Gasteiger partial charge in [-0.1, -0.05) is 47.5 Å². The van der Waals surface area contributed by atoms with Crippen molar-refractivity contribution in [1.82, 2.24) is 10.6 Å². The Morgan fingerprint density at radius 3 is 1.55 bits per heavy atom. The molecular weight excluding hydrogens is 459 g/mol. The van der Waals surface area contributed by atoms with Crippen LogP contribution in [0.5, 0.6) is 0 Å². The lowest BCUT2D eigenvalue weighted by Gasteiger charge is -2.06. The number of amides is 2. The first-order valence-electron chi connectivity index (χ1n) is 10.2. The highest BCUT2D eigenvalue weighted by molar-refractivity contribution is 6.31. The highest BCUT2D eigenvalue weighted by Crippen LogP contribution is 2.15. The molecule has 2 aromatic rings. The topological polar surface area (TPSA) is 106 Å². The molecule has 168 valence electrons. The lowest BCUT2D eigenvalue weighted by molar-refractivity contribution is -0.117. The van der Waals surface area contributed by atoms with Gasteiger partial charge in [0.05, 0.1) is 0 Å². The summed E-state index contributed by atoms with van der Waals surface area (Å²) in [7, 11) is 0. The Morgan fingerprint density at radius 2 is 1.18 bits per heavy atom. The van der Waals surface area contributed by atoms with Gasteiger partial charge in [0.1, 0.15) is 23.3 Å². The molecule has 0 aliphatic carbocycles. The first-order valence-corrected chi connectivity index (χ1v) is 11.0. The van der Waals surface area contributed by atoms with Gasteiger partial charge in [-0.05, 0) is 66.8 Å². The molecule has 0 spiro atoms. The van der Waals surface area contributed by atoms with Gasteiger partial charge in [-0.25, -0.2) is 0 Å². The second-order valence-corrected chi connectivity index (χ2v) is 7.89. The summed E-state index contributed by atoms with van der Waals surface area (Å²) >= 11 is 11.8. The Balaban J connectivity index is 1.70. The minimum atomic E-state index is -0.449. The van der Waals surface area contributed by atoms with Crippen LogP contribution in [0.15, 0.2) is 59.7 Å². The van der Waals surface area contributed by atoms with Crippen molar-refractivity contribution in [2.24, 2.45) is 0 Å². The summed E-state index contributed by atoms with van der Waals surface area (Å²) in [5.74, 6) is -0.897. The molecule has 0 bridgehead atoms. The van der Waals surface area contributed by atoms with E-state index < -0.39 is 11.8 Å². The zero-order valence-corrected chi connectivity index (χ0v) is 19.3. The predicted molar refractivity (Wildman–Crippen MR) is 130 cm³/mol. The van der Waals surface area contributed by atoms with Crippen molar-refractivity contribution in [3.05, 3.63) is 80.8 Å². The Bertz CT molecular complexity index is 1050. The number of rotatable bonds is 10. The maximum atomic E-state index is 12.2. The minimum absolute atomic E-state index is 0.0000497. The van der Waals surface area contributed by atoms with Gasteiger partial charge in [-0.2, -0.15) is 10.5 Å². The zero-order valence-electron chi connectivity index (χ0n) is 17.8. The van der Waals surface area contributed by atoms with Crippen LogP contribution < -0.4 is 10.6 Å². The molecule has 2 rings (SSSR count). The summed E-state index contributed by atoms with van der Waals surface area (Å²) in [4.78, 5) is 24.4. The summed E-state index contributed by atoms with van der Waals surface area (Å²) in [6, 6.07) is 17.6. The largest absolute Gasteiger partial charge is 0.351 e. The maximum Gasteiger partial charge on any atom is 0.261 e. The summed E-state index contributed by atoms with van der Waals surface area (Å²) in [5, 5.41) is 25.0. The van der Waals surface area contributed by atoms with Crippen LogP contribution in [0, 0.1) is 22.7 Å². The number of benzene rings is 2. The number of carbonyl (C=O) groups excluding carboxylic acids is 2. The first-order chi connectivity index (χ1) is 15.9. The molecule has 2 aromatic carbocycles. The van der Waals surface area contributed by atoms with Crippen LogP contribution >= 0.6 is 23.2 Å². The van der Waals surface area contributed by atoms with Crippen LogP contribution in [0.4, 0.5) is 0 Å². The smallest absolute Gasteiger partial charge is 0.261 e. The van der Waals surface area contributed by atoms with Crippen molar-refractivity contribution >= 4 is 47.2 Å². The van der Waals surface area contributed by atoms with Crippen LogP contribution in [0.25, 0.3) is 12.2 Å². The Hall–Kier alpha value is -3.58. The number of nitriles is 2. The summed E-state index contributed by atoms with van der Waals surface area (Å²) in [6.45, 7) is 0.804. The standard InChI is InChI=1S/C25H22Cl2N4O2/c26-22-8-4-6-18(14-22)12-20(16-28)24(32)30-10-2-1-3-11-31-25(33)21(17-29)13-19-7-5-9-23(27)15-19/h4-9,12-15H,1-3,10-11H2,(H,30,32)(H,31,33)/b20-12+,21-13+. The normalized spacial score (nSPS) is 11.3. The lowest BCUT2D eigenvalue weighted by Crippen LogP contribution is -2.27. The average molecular weight is 481 g/mol. The molecule has 0 fully saturated rings. The molecule has 2 amide bonds. The van der Waals surface area contributed by atoms with E-state index in [1.165, 1.54) is 12.2 Å². The monoisotopic (exact) mass is 480 g/mol. The second-order valence-electron chi connectivity index (χ2n) is 7.02. The number of nitrogens with zero attached hydrogens (tertiary/aromatic N) is 2. The molecule has 0 aromatic heterocycles. The molecule has 6 nitrogen and oxygen atoms in total. The number of hydrogen-bond acceptors (Lipinski definition) is 4. The van der Waals surface area contributed by atoms with Crippen molar-refractivity contribution < 1.29 is 9.59 Å². The SMILES string of the molecule is N#C/C(=C\c1cccc(Cl)c1)C(=O)NCCCCCNC(=O)/C(C#N)=C/c1cccc(Cl)c1. The molecule has 0 saturated carbocycles. The fourth-order valence-electron chi connectivity index (χ4n) is 2.84. The number of nitrogens with one attached hydrogen (secondary N) is 2. The third-order valence-corrected chi connectivity index (χ3v) is 4.94. The van der Waals surface area contributed by atoms with Gasteiger partial charge in [0.2, 0.25) is 0 Å². The minimum Gasteiger partial charge on any atom is -0.351 e. The Kier molecular flexibility index (Phi) is 10.7. The Labute approximate surface area is 203 Å². The highest BCUT2D eigenvalue weighted by Gasteiger charge is 2.10.